The van der Waals surface area contributed by atoms with Crippen LogP contribution in [0.4, 0.5) is 0 Å². The second-order valence-corrected chi connectivity index (χ2v) is 11.9. The number of hydrogen-bond acceptors (Lipinski definition) is 2. The van der Waals surface area contributed by atoms with E-state index in [4.69, 9.17) is 9.47 Å². The number of ether oxygens (including phenoxy) is 2. The summed E-state index contributed by atoms with van der Waals surface area (Å²) in [6.45, 7) is 10.0. The van der Waals surface area contributed by atoms with Crippen LogP contribution >= 0.6 is 0 Å². The Morgan fingerprint density at radius 3 is 2.53 bits per heavy atom. The zero-order valence-corrected chi connectivity index (χ0v) is 13.5. The molecule has 1 aliphatic carbocycles. The van der Waals surface area contributed by atoms with Crippen molar-refractivity contribution in [3.63, 3.8) is 0 Å². The zero-order chi connectivity index (χ0) is 13.9. The maximum Gasteiger partial charge on any atom is 0.122 e. The van der Waals surface area contributed by atoms with Crippen LogP contribution in [-0.2, 0) is 4.74 Å². The monoisotopic (exact) mass is 277 g/mol. The summed E-state index contributed by atoms with van der Waals surface area (Å²) in [6.07, 6.45) is 2.60. The Morgan fingerprint density at radius 2 is 1.95 bits per heavy atom. The number of methoxy groups -OCH3 is 1. The lowest BCUT2D eigenvalue weighted by Gasteiger charge is -2.30. The summed E-state index contributed by atoms with van der Waals surface area (Å²) >= 11 is 0. The minimum Gasteiger partial charge on any atom is -0.496 e. The maximum atomic E-state index is 5.85. The second kappa shape index (κ2) is 6.10. The predicted octanol–water partition coefficient (Wildman–Crippen LogP) is 4.24. The van der Waals surface area contributed by atoms with Gasteiger partial charge < -0.3 is 9.47 Å². The largest absolute Gasteiger partial charge is 0.496 e. The van der Waals surface area contributed by atoms with Crippen LogP contribution in [0.3, 0.4) is 0 Å². The minimum atomic E-state index is -1.35. The Bertz CT molecular complexity index is 407. The van der Waals surface area contributed by atoms with E-state index in [1.54, 1.807) is 7.11 Å². The lowest BCUT2D eigenvalue weighted by Crippen LogP contribution is -2.34. The van der Waals surface area contributed by atoms with Gasteiger partial charge in [-0.3, -0.25) is 0 Å². The predicted molar refractivity (Wildman–Crippen MR) is 82.1 cm³/mol. The first-order valence-electron chi connectivity index (χ1n) is 7.10. The summed E-state index contributed by atoms with van der Waals surface area (Å²) in [5.41, 5.74) is 1.77. The van der Waals surface area contributed by atoms with Crippen molar-refractivity contribution in [1.82, 2.24) is 0 Å². The third-order valence-electron chi connectivity index (χ3n) is 3.73. The molecule has 105 valence electrons. The Kier molecular flexibility index (Phi) is 4.69. The van der Waals surface area contributed by atoms with Gasteiger partial charge in [0.05, 0.1) is 28.4 Å². The molecule has 3 heteroatoms. The van der Waals surface area contributed by atoms with Gasteiger partial charge in [0.15, 0.2) is 0 Å². The van der Waals surface area contributed by atoms with Gasteiger partial charge in [0, 0.05) is 5.54 Å². The smallest absolute Gasteiger partial charge is 0.122 e. The van der Waals surface area contributed by atoms with Crippen LogP contribution in [0.5, 0.6) is 5.75 Å². The highest BCUT2D eigenvalue weighted by molar-refractivity contribution is 6.77. The summed E-state index contributed by atoms with van der Waals surface area (Å²) in [4.78, 5) is 0. The van der Waals surface area contributed by atoms with E-state index in [1.165, 1.54) is 18.4 Å². The van der Waals surface area contributed by atoms with Crippen LogP contribution in [0.1, 0.15) is 23.9 Å². The van der Waals surface area contributed by atoms with E-state index in [0.717, 1.165) is 12.4 Å². The molecule has 0 bridgehead atoms. The molecule has 0 amide bonds. The van der Waals surface area contributed by atoms with Gasteiger partial charge in [-0.15, -0.1) is 0 Å². The van der Waals surface area contributed by atoms with Gasteiger partial charge >= 0.3 is 0 Å². The molecule has 0 spiro atoms. The molecule has 1 aromatic rings. The van der Waals surface area contributed by atoms with E-state index in [9.17, 15) is 0 Å². The Balaban J connectivity index is 2.11. The molecule has 2 nitrogen and oxygen atoms in total. The molecule has 0 aliphatic heterocycles. The Morgan fingerprint density at radius 1 is 1.26 bits per heavy atom. The van der Waals surface area contributed by atoms with Gasteiger partial charge in [-0.25, -0.2) is 0 Å². The fourth-order valence-electron chi connectivity index (χ4n) is 2.28. The van der Waals surface area contributed by atoms with Crippen LogP contribution in [0, 0.1) is 12.5 Å². The SMILES string of the molecule is COc1ccccc1C(CO[CH]C1CC1)[Si](C)(C)C. The van der Waals surface area contributed by atoms with E-state index in [0.29, 0.717) is 11.5 Å². The van der Waals surface area contributed by atoms with Crippen LogP contribution < -0.4 is 4.74 Å². The molecule has 1 saturated carbocycles. The van der Waals surface area contributed by atoms with Gasteiger partial charge in [-0.2, -0.15) is 0 Å². The molecule has 0 saturated heterocycles. The van der Waals surface area contributed by atoms with Crippen LogP contribution in [0.25, 0.3) is 0 Å². The van der Waals surface area contributed by atoms with Crippen LogP contribution in [-0.4, -0.2) is 21.8 Å². The van der Waals surface area contributed by atoms with Crippen molar-refractivity contribution in [1.29, 1.82) is 0 Å². The van der Waals surface area contributed by atoms with Gasteiger partial charge in [-0.05, 0) is 30.4 Å². The summed E-state index contributed by atoms with van der Waals surface area (Å²) < 4.78 is 11.4. The van der Waals surface area contributed by atoms with Crippen molar-refractivity contribution < 1.29 is 9.47 Å². The second-order valence-electron chi connectivity index (χ2n) is 6.47. The Hall–Kier alpha value is -0.803. The summed E-state index contributed by atoms with van der Waals surface area (Å²) in [7, 11) is 0.396. The van der Waals surface area contributed by atoms with E-state index >= 15 is 0 Å². The molecular formula is C16H25O2Si. The van der Waals surface area contributed by atoms with E-state index in [2.05, 4.69) is 31.8 Å². The van der Waals surface area contributed by atoms with Crippen molar-refractivity contribution in [3.05, 3.63) is 36.4 Å². The topological polar surface area (TPSA) is 18.5 Å². The molecule has 0 aromatic heterocycles. The summed E-state index contributed by atoms with van der Waals surface area (Å²) in [5, 5.41) is 0. The standard InChI is InChI=1S/C16H25O2Si/c1-17-15-8-6-5-7-14(15)16(19(2,3)4)12-18-11-13-9-10-13/h5-8,11,13,16H,9-10,12H2,1-4H3. The lowest BCUT2D eigenvalue weighted by atomic mass is 10.1. The van der Waals surface area contributed by atoms with Gasteiger partial charge in [0.25, 0.3) is 0 Å². The highest BCUT2D eigenvalue weighted by Crippen LogP contribution is 2.36. The molecule has 0 N–H and O–H groups in total. The lowest BCUT2D eigenvalue weighted by molar-refractivity contribution is 0.183. The fraction of sp³-hybridized carbons (Fsp3) is 0.562. The third-order valence-corrected chi connectivity index (χ3v) is 6.30. The first-order chi connectivity index (χ1) is 9.02. The first kappa shape index (κ1) is 14.6. The van der Waals surface area contributed by atoms with E-state index in [1.807, 2.05) is 18.7 Å². The molecule has 2 rings (SSSR count). The molecule has 1 radical (unpaired) electrons. The maximum absolute atomic E-state index is 5.85. The molecule has 0 heterocycles. The average Bonchev–Trinajstić information content (AvgIpc) is 3.17. The van der Waals surface area contributed by atoms with Crippen LogP contribution in [0.2, 0.25) is 19.6 Å². The summed E-state index contributed by atoms with van der Waals surface area (Å²) in [5.74, 6) is 1.70. The average molecular weight is 277 g/mol. The van der Waals surface area contributed by atoms with E-state index in [-0.39, 0.29) is 0 Å². The number of benzene rings is 1. The molecule has 1 atom stereocenters. The molecule has 19 heavy (non-hydrogen) atoms. The van der Waals surface area contributed by atoms with Gasteiger partial charge in [0.2, 0.25) is 0 Å². The van der Waals surface area contributed by atoms with Crippen molar-refractivity contribution in [2.45, 2.75) is 38.0 Å². The number of hydrogen-bond donors (Lipinski definition) is 0. The normalized spacial score (nSPS) is 17.3. The van der Waals surface area contributed by atoms with Crippen LogP contribution in [0.15, 0.2) is 24.3 Å². The highest BCUT2D eigenvalue weighted by atomic mass is 28.3. The Labute approximate surface area is 118 Å². The summed E-state index contributed by atoms with van der Waals surface area (Å²) in [6, 6.07) is 8.35. The van der Waals surface area contributed by atoms with E-state index < -0.39 is 8.07 Å². The van der Waals surface area contributed by atoms with Gasteiger partial charge in [-0.1, -0.05) is 37.8 Å². The first-order valence-corrected chi connectivity index (χ1v) is 10.7. The number of para-hydroxylation sites is 1. The fourth-order valence-corrected chi connectivity index (χ4v) is 4.05. The van der Waals surface area contributed by atoms with Crippen molar-refractivity contribution in [3.8, 4) is 5.75 Å². The van der Waals surface area contributed by atoms with Crippen molar-refractivity contribution in [2.24, 2.45) is 5.92 Å². The molecule has 1 aromatic carbocycles. The van der Waals surface area contributed by atoms with Crippen molar-refractivity contribution in [2.75, 3.05) is 13.7 Å². The van der Waals surface area contributed by atoms with Crippen molar-refractivity contribution >= 4 is 8.07 Å². The van der Waals surface area contributed by atoms with Gasteiger partial charge in [0.1, 0.15) is 5.75 Å². The zero-order valence-electron chi connectivity index (χ0n) is 12.5. The molecule has 1 unspecified atom stereocenters. The molecule has 1 fully saturated rings. The quantitative estimate of drug-likeness (QED) is 0.694. The number of rotatable bonds is 7. The molecule has 1 aliphatic rings. The molecular weight excluding hydrogens is 252 g/mol. The highest BCUT2D eigenvalue weighted by Gasteiger charge is 2.31. The third kappa shape index (κ3) is 4.08. The minimum absolute atomic E-state index is 0.471.